The van der Waals surface area contributed by atoms with Crippen LogP contribution in [0, 0.1) is 0 Å². The highest BCUT2D eigenvalue weighted by atomic mass is 16.3. The van der Waals surface area contributed by atoms with Gasteiger partial charge in [0.25, 0.3) is 0 Å². The summed E-state index contributed by atoms with van der Waals surface area (Å²) < 4.78 is 8.90. The minimum absolute atomic E-state index is 0.00941. The van der Waals surface area contributed by atoms with E-state index in [0.29, 0.717) is 0 Å². The molecule has 0 fully saturated rings. The van der Waals surface area contributed by atoms with E-state index in [2.05, 4.69) is 226 Å². The van der Waals surface area contributed by atoms with Crippen molar-refractivity contribution >= 4 is 65.3 Å². The first-order valence-electron chi connectivity index (χ1n) is 21.6. The van der Waals surface area contributed by atoms with Crippen molar-refractivity contribution in [2.45, 2.75) is 26.2 Å². The number of benzene rings is 10. The van der Waals surface area contributed by atoms with Gasteiger partial charge in [-0.3, -0.25) is 0 Å². The number of hydrogen-bond donors (Lipinski definition) is 0. The molecule has 12 rings (SSSR count). The lowest BCUT2D eigenvalue weighted by molar-refractivity contribution is 0.591. The highest BCUT2D eigenvalue weighted by Gasteiger charge is 2.21. The molecule has 0 aliphatic rings. The Kier molecular flexibility index (Phi) is 8.14. The minimum atomic E-state index is 0.00941. The molecule has 0 saturated heterocycles. The van der Waals surface area contributed by atoms with Crippen LogP contribution in [-0.2, 0) is 5.41 Å². The summed E-state index contributed by atoms with van der Waals surface area (Å²) in [6.07, 6.45) is 0. The SMILES string of the molecule is CC(C)(C)c1ccc2c(c1)c1cc(-c3cccc(-c4cccc5c4oc4ccccc45)c3)ccc1n2-c1ccc(-c2c3ccccc3c(-c3ccccc3)c3ccccc23)cc1. The van der Waals surface area contributed by atoms with Crippen molar-refractivity contribution in [3.05, 3.63) is 212 Å². The fourth-order valence-electron chi connectivity index (χ4n) is 9.92. The summed E-state index contributed by atoms with van der Waals surface area (Å²) in [7, 11) is 0. The topological polar surface area (TPSA) is 18.1 Å². The summed E-state index contributed by atoms with van der Waals surface area (Å²) in [5.74, 6) is 0. The Morgan fingerprint density at radius 3 is 1.53 bits per heavy atom. The van der Waals surface area contributed by atoms with Crippen molar-refractivity contribution in [3.8, 4) is 50.2 Å². The van der Waals surface area contributed by atoms with E-state index < -0.39 is 0 Å². The second-order valence-corrected chi connectivity index (χ2v) is 17.7. The highest BCUT2D eigenvalue weighted by Crippen LogP contribution is 2.45. The average Bonchev–Trinajstić information content (AvgIpc) is 3.86. The van der Waals surface area contributed by atoms with E-state index in [1.807, 2.05) is 6.07 Å². The van der Waals surface area contributed by atoms with Gasteiger partial charge in [-0.25, -0.2) is 0 Å². The van der Waals surface area contributed by atoms with Gasteiger partial charge in [-0.15, -0.1) is 0 Å². The van der Waals surface area contributed by atoms with Crippen LogP contribution in [0.15, 0.2) is 211 Å². The number of rotatable bonds is 5. The molecule has 12 aromatic rings. The summed E-state index contributed by atoms with van der Waals surface area (Å²) in [6, 6.07) is 75.5. The van der Waals surface area contributed by atoms with E-state index in [-0.39, 0.29) is 5.41 Å². The molecular weight excluding hydrogens is 751 g/mol. The molecule has 10 aromatic carbocycles. The minimum Gasteiger partial charge on any atom is -0.455 e. The van der Waals surface area contributed by atoms with Crippen molar-refractivity contribution in [2.24, 2.45) is 0 Å². The largest absolute Gasteiger partial charge is 0.455 e. The standard InChI is InChI=1S/C60H43NO/c1-60(2,3)43-30-34-55-53(37-43)52-36-41(40-17-13-18-42(35-40)45-24-14-25-51-46-19-11-12-26-56(46)62-59(45)51)29-33-54(52)61(55)44-31-27-39(28-32-44)58-49-22-9-7-20-47(49)57(38-15-5-4-6-16-38)48-21-8-10-23-50(48)58/h4-37H,1-3H3. The highest BCUT2D eigenvalue weighted by molar-refractivity contribution is 6.21. The van der Waals surface area contributed by atoms with Crippen molar-refractivity contribution < 1.29 is 4.42 Å². The van der Waals surface area contributed by atoms with Crippen LogP contribution in [-0.4, -0.2) is 4.57 Å². The van der Waals surface area contributed by atoms with Gasteiger partial charge in [-0.2, -0.15) is 0 Å². The fourth-order valence-corrected chi connectivity index (χ4v) is 9.92. The zero-order chi connectivity index (χ0) is 41.5. The number of aromatic nitrogens is 1. The number of furan rings is 1. The van der Waals surface area contributed by atoms with Crippen LogP contribution < -0.4 is 0 Å². The second-order valence-electron chi connectivity index (χ2n) is 17.7. The molecule has 0 atom stereocenters. The number of fused-ring (bicyclic) bond motifs is 8. The van der Waals surface area contributed by atoms with Gasteiger partial charge in [-0.1, -0.05) is 178 Å². The van der Waals surface area contributed by atoms with Gasteiger partial charge in [0.15, 0.2) is 0 Å². The first-order valence-corrected chi connectivity index (χ1v) is 21.6. The second kappa shape index (κ2) is 13.9. The molecule has 0 amide bonds. The van der Waals surface area contributed by atoms with Crippen LogP contribution in [0.4, 0.5) is 0 Å². The van der Waals surface area contributed by atoms with Crippen molar-refractivity contribution in [1.82, 2.24) is 4.57 Å². The molecule has 294 valence electrons. The maximum Gasteiger partial charge on any atom is 0.143 e. The molecule has 0 radical (unpaired) electrons. The van der Waals surface area contributed by atoms with Crippen LogP contribution in [0.25, 0.3) is 115 Å². The molecule has 2 heterocycles. The van der Waals surface area contributed by atoms with E-state index in [1.165, 1.54) is 82.3 Å². The number of para-hydroxylation sites is 2. The van der Waals surface area contributed by atoms with Crippen LogP contribution >= 0.6 is 0 Å². The predicted molar refractivity (Wildman–Crippen MR) is 264 cm³/mol. The molecule has 0 saturated carbocycles. The van der Waals surface area contributed by atoms with Gasteiger partial charge in [0, 0.05) is 32.8 Å². The monoisotopic (exact) mass is 793 g/mol. The van der Waals surface area contributed by atoms with E-state index in [1.54, 1.807) is 0 Å². The lowest BCUT2D eigenvalue weighted by Gasteiger charge is -2.19. The van der Waals surface area contributed by atoms with Crippen LogP contribution in [0.1, 0.15) is 26.3 Å². The molecule has 2 nitrogen and oxygen atoms in total. The Balaban J connectivity index is 1.00. The van der Waals surface area contributed by atoms with E-state index >= 15 is 0 Å². The van der Waals surface area contributed by atoms with Gasteiger partial charge in [0.2, 0.25) is 0 Å². The maximum atomic E-state index is 6.46. The third kappa shape index (κ3) is 5.71. The van der Waals surface area contributed by atoms with Gasteiger partial charge in [-0.05, 0) is 120 Å². The summed E-state index contributed by atoms with van der Waals surface area (Å²) in [4.78, 5) is 0. The Bertz CT molecular complexity index is 3650. The van der Waals surface area contributed by atoms with E-state index in [4.69, 9.17) is 4.42 Å². The summed E-state index contributed by atoms with van der Waals surface area (Å²) >= 11 is 0. The molecule has 0 aliphatic heterocycles. The molecule has 2 heteroatoms. The summed E-state index contributed by atoms with van der Waals surface area (Å²) in [5.41, 5.74) is 16.3. The molecular formula is C60H43NO. The van der Waals surface area contributed by atoms with Gasteiger partial charge in [0.1, 0.15) is 11.2 Å². The third-order valence-corrected chi connectivity index (χ3v) is 13.0. The summed E-state index contributed by atoms with van der Waals surface area (Å²) in [6.45, 7) is 6.89. The zero-order valence-corrected chi connectivity index (χ0v) is 35.0. The van der Waals surface area contributed by atoms with Crippen molar-refractivity contribution in [2.75, 3.05) is 0 Å². The van der Waals surface area contributed by atoms with Crippen LogP contribution in [0.2, 0.25) is 0 Å². The summed E-state index contributed by atoms with van der Waals surface area (Å²) in [5, 5.41) is 9.84. The van der Waals surface area contributed by atoms with E-state index in [9.17, 15) is 0 Å². The number of nitrogens with zero attached hydrogens (tertiary/aromatic N) is 1. The van der Waals surface area contributed by atoms with Crippen LogP contribution in [0.3, 0.4) is 0 Å². The molecule has 0 N–H and O–H groups in total. The number of hydrogen-bond acceptors (Lipinski definition) is 1. The first kappa shape index (κ1) is 36.2. The Hall–Kier alpha value is -7.68. The molecule has 0 bridgehead atoms. The lowest BCUT2D eigenvalue weighted by atomic mass is 9.86. The zero-order valence-electron chi connectivity index (χ0n) is 35.0. The third-order valence-electron chi connectivity index (χ3n) is 13.0. The fraction of sp³-hybridized carbons (Fsp3) is 0.0667. The Labute approximate surface area is 360 Å². The lowest BCUT2D eigenvalue weighted by Crippen LogP contribution is -2.10. The Morgan fingerprint density at radius 1 is 0.355 bits per heavy atom. The van der Waals surface area contributed by atoms with Crippen molar-refractivity contribution in [1.29, 1.82) is 0 Å². The molecule has 0 aliphatic carbocycles. The van der Waals surface area contributed by atoms with Gasteiger partial charge in [0.05, 0.1) is 11.0 Å². The van der Waals surface area contributed by atoms with Gasteiger partial charge >= 0.3 is 0 Å². The van der Waals surface area contributed by atoms with Crippen LogP contribution in [0.5, 0.6) is 0 Å². The average molecular weight is 794 g/mol. The first-order chi connectivity index (χ1) is 30.4. The molecule has 62 heavy (non-hydrogen) atoms. The van der Waals surface area contributed by atoms with Crippen molar-refractivity contribution in [3.63, 3.8) is 0 Å². The maximum absolute atomic E-state index is 6.46. The molecule has 2 aromatic heterocycles. The normalized spacial score (nSPS) is 12.1. The predicted octanol–water partition coefficient (Wildman–Crippen LogP) is 17.0. The molecule has 0 unspecified atom stereocenters. The Morgan fingerprint density at radius 2 is 0.855 bits per heavy atom. The molecule has 0 spiro atoms. The van der Waals surface area contributed by atoms with Gasteiger partial charge < -0.3 is 8.98 Å². The quantitative estimate of drug-likeness (QED) is 0.159. The smallest absolute Gasteiger partial charge is 0.143 e. The van der Waals surface area contributed by atoms with E-state index in [0.717, 1.165) is 38.8 Å².